The Morgan fingerprint density at radius 3 is 2.52 bits per heavy atom. The summed E-state index contributed by atoms with van der Waals surface area (Å²) in [4.78, 5) is 31.4. The standard InChI is InChI=1S/C32H40FIN2O5Si/c1-8-15-40-31(38)36-26-19-28(39-16-9-14-34)21(2)17-25(26)29(37)35-20-23(22-10-12-24(33)13-11-22)18-27(35)30(36)41-42(6,7)32(3,4)5/h8,10-13,17,19-20,27,30H,1,9,14-16,18H2,2-7H3/t27-,30-/m0/s1. The highest BCUT2D eigenvalue weighted by molar-refractivity contribution is 14.1. The molecule has 7 nitrogen and oxygen atoms in total. The van der Waals surface area contributed by atoms with Gasteiger partial charge in [-0.2, -0.15) is 0 Å². The fourth-order valence-electron chi connectivity index (χ4n) is 4.84. The van der Waals surface area contributed by atoms with Crippen molar-refractivity contribution in [1.29, 1.82) is 0 Å². The number of benzene rings is 2. The maximum Gasteiger partial charge on any atom is 0.416 e. The van der Waals surface area contributed by atoms with Gasteiger partial charge in [0.1, 0.15) is 18.2 Å². The summed E-state index contributed by atoms with van der Waals surface area (Å²) >= 11 is 2.30. The highest BCUT2D eigenvalue weighted by Crippen LogP contribution is 2.45. The van der Waals surface area contributed by atoms with E-state index in [1.807, 2.05) is 13.1 Å². The van der Waals surface area contributed by atoms with E-state index >= 15 is 0 Å². The number of fused-ring (bicyclic) bond motifs is 2. The molecule has 2 aliphatic heterocycles. The summed E-state index contributed by atoms with van der Waals surface area (Å²) in [5, 5.41) is -0.180. The van der Waals surface area contributed by atoms with E-state index in [1.54, 1.807) is 29.2 Å². The first kappa shape index (κ1) is 32.2. The Kier molecular flexibility index (Phi) is 9.88. The maximum atomic E-state index is 14.3. The fourth-order valence-corrected chi connectivity index (χ4v) is 6.38. The summed E-state index contributed by atoms with van der Waals surface area (Å²) in [5.74, 6) is 0.0135. The molecule has 0 spiro atoms. The summed E-state index contributed by atoms with van der Waals surface area (Å²) in [6.07, 6.45) is 3.11. The Labute approximate surface area is 263 Å². The van der Waals surface area contributed by atoms with Crippen LogP contribution >= 0.6 is 22.6 Å². The molecule has 226 valence electrons. The van der Waals surface area contributed by atoms with Crippen LogP contribution < -0.4 is 9.64 Å². The number of halogens is 2. The number of aryl methyl sites for hydroxylation is 1. The molecule has 4 rings (SSSR count). The smallest absolute Gasteiger partial charge is 0.416 e. The number of hydrogen-bond donors (Lipinski definition) is 0. The molecule has 0 saturated heterocycles. The summed E-state index contributed by atoms with van der Waals surface area (Å²) < 4.78 is 33.5. The summed E-state index contributed by atoms with van der Waals surface area (Å²) in [5.41, 5.74) is 3.19. The van der Waals surface area contributed by atoms with Crippen molar-refractivity contribution in [3.8, 4) is 5.75 Å². The first-order chi connectivity index (χ1) is 19.8. The molecule has 0 radical (unpaired) electrons. The molecule has 2 aliphatic rings. The van der Waals surface area contributed by atoms with Crippen LogP contribution in [-0.4, -0.2) is 55.1 Å². The van der Waals surface area contributed by atoms with Gasteiger partial charge < -0.3 is 18.8 Å². The normalized spacial score (nSPS) is 18.7. The second-order valence-corrected chi connectivity index (χ2v) is 18.0. The molecule has 0 fully saturated rings. The molecule has 10 heteroatoms. The molecule has 2 aromatic rings. The highest BCUT2D eigenvalue weighted by Gasteiger charge is 2.50. The van der Waals surface area contributed by atoms with Crippen LogP contribution in [0.4, 0.5) is 14.9 Å². The molecular formula is C32H40FIN2O5Si. The third-order valence-electron chi connectivity index (χ3n) is 8.18. The Morgan fingerprint density at radius 2 is 1.90 bits per heavy atom. The van der Waals surface area contributed by atoms with Crippen LogP contribution in [-0.2, 0) is 9.16 Å². The average molecular weight is 707 g/mol. The number of alkyl halides is 1. The molecular weight excluding hydrogens is 666 g/mol. The zero-order chi connectivity index (χ0) is 30.8. The molecule has 0 saturated carbocycles. The van der Waals surface area contributed by atoms with Crippen LogP contribution in [0, 0.1) is 12.7 Å². The molecule has 42 heavy (non-hydrogen) atoms. The lowest BCUT2D eigenvalue weighted by Crippen LogP contribution is -2.57. The minimum absolute atomic E-state index is 0.00373. The van der Waals surface area contributed by atoms with E-state index in [1.165, 1.54) is 23.1 Å². The molecule has 0 unspecified atom stereocenters. The Balaban J connectivity index is 1.92. The first-order valence-corrected chi connectivity index (χ1v) is 18.6. The van der Waals surface area contributed by atoms with Gasteiger partial charge in [-0.1, -0.05) is 68.1 Å². The summed E-state index contributed by atoms with van der Waals surface area (Å²) in [7, 11) is -2.51. The second-order valence-electron chi connectivity index (χ2n) is 12.2. The topological polar surface area (TPSA) is 68.3 Å². The fraction of sp³-hybridized carbons (Fsp3) is 0.438. The summed E-state index contributed by atoms with van der Waals surface area (Å²) in [6.45, 7) is 16.7. The van der Waals surface area contributed by atoms with E-state index in [4.69, 9.17) is 13.9 Å². The van der Waals surface area contributed by atoms with Gasteiger partial charge in [-0.3, -0.25) is 4.79 Å². The number of carbonyl (C=O) groups excluding carboxylic acids is 2. The predicted octanol–water partition coefficient (Wildman–Crippen LogP) is 8.08. The van der Waals surface area contributed by atoms with Crippen molar-refractivity contribution in [3.05, 3.63) is 77.8 Å². The van der Waals surface area contributed by atoms with Crippen molar-refractivity contribution in [3.63, 3.8) is 0 Å². The SMILES string of the molecule is C=CCOC(=O)N1c2cc(OCCCI)c(C)cc2C(=O)N2C=C(c3ccc(F)cc3)C[C@H]2[C@@H]1O[Si](C)(C)C(C)(C)C. The van der Waals surface area contributed by atoms with E-state index in [0.717, 1.165) is 27.5 Å². The third kappa shape index (κ3) is 6.60. The minimum Gasteiger partial charge on any atom is -0.493 e. The zero-order valence-corrected chi connectivity index (χ0v) is 28.4. The Hall–Kier alpha value is -2.70. The number of ether oxygens (including phenoxy) is 2. The van der Waals surface area contributed by atoms with E-state index in [-0.39, 0.29) is 23.4 Å². The maximum absolute atomic E-state index is 14.3. The van der Waals surface area contributed by atoms with Gasteiger partial charge in [0.25, 0.3) is 5.91 Å². The largest absolute Gasteiger partial charge is 0.493 e. The minimum atomic E-state index is -2.51. The lowest BCUT2D eigenvalue weighted by molar-refractivity contribution is 0.0590. The van der Waals surface area contributed by atoms with Crippen LogP contribution in [0.25, 0.3) is 5.57 Å². The van der Waals surface area contributed by atoms with E-state index in [2.05, 4.69) is 63.0 Å². The Morgan fingerprint density at radius 1 is 1.21 bits per heavy atom. The third-order valence-corrected chi connectivity index (χ3v) is 13.4. The quantitative estimate of drug-likeness (QED) is 0.0868. The van der Waals surface area contributed by atoms with Crippen molar-refractivity contribution >= 4 is 54.2 Å². The van der Waals surface area contributed by atoms with E-state index < -0.39 is 26.7 Å². The zero-order valence-electron chi connectivity index (χ0n) is 25.2. The molecule has 0 bridgehead atoms. The molecule has 0 N–H and O–H groups in total. The van der Waals surface area contributed by atoms with Crippen molar-refractivity contribution in [1.82, 2.24) is 4.90 Å². The van der Waals surface area contributed by atoms with Gasteiger partial charge in [-0.15, -0.1) is 0 Å². The van der Waals surface area contributed by atoms with Crippen LogP contribution in [0.1, 0.15) is 55.1 Å². The molecule has 0 aliphatic carbocycles. The molecule has 2 aromatic carbocycles. The van der Waals surface area contributed by atoms with Gasteiger partial charge >= 0.3 is 6.09 Å². The second kappa shape index (κ2) is 12.9. The molecule has 2 heterocycles. The number of nitrogens with zero attached hydrogens (tertiary/aromatic N) is 2. The molecule has 0 aromatic heterocycles. The number of hydrogen-bond acceptors (Lipinski definition) is 5. The molecule has 2 amide bonds. The van der Waals surface area contributed by atoms with Crippen molar-refractivity contribution in [2.24, 2.45) is 0 Å². The highest BCUT2D eigenvalue weighted by atomic mass is 127. The van der Waals surface area contributed by atoms with Gasteiger partial charge in [0.05, 0.1) is 23.9 Å². The van der Waals surface area contributed by atoms with E-state index in [0.29, 0.717) is 30.0 Å². The van der Waals surface area contributed by atoms with E-state index in [9.17, 15) is 14.0 Å². The number of rotatable bonds is 9. The molecule has 2 atom stereocenters. The number of amides is 2. The van der Waals surface area contributed by atoms with Crippen LogP contribution in [0.2, 0.25) is 18.1 Å². The van der Waals surface area contributed by atoms with Gasteiger partial charge in [-0.05, 0) is 72.8 Å². The van der Waals surface area contributed by atoms with Crippen LogP contribution in [0.5, 0.6) is 5.75 Å². The van der Waals surface area contributed by atoms with Crippen molar-refractivity contribution in [2.45, 2.75) is 70.9 Å². The van der Waals surface area contributed by atoms with Crippen molar-refractivity contribution < 1.29 is 27.9 Å². The Bertz CT molecular complexity index is 1370. The van der Waals surface area contributed by atoms with Gasteiger partial charge in [-0.25, -0.2) is 14.1 Å². The lowest BCUT2D eigenvalue weighted by atomic mass is 10.0. The monoisotopic (exact) mass is 706 g/mol. The lowest BCUT2D eigenvalue weighted by Gasteiger charge is -2.44. The van der Waals surface area contributed by atoms with Gasteiger partial charge in [0.2, 0.25) is 0 Å². The summed E-state index contributed by atoms with van der Waals surface area (Å²) in [6, 6.07) is 9.22. The van der Waals surface area contributed by atoms with Crippen LogP contribution in [0.15, 0.2) is 55.3 Å². The average Bonchev–Trinajstić information content (AvgIpc) is 3.34. The predicted molar refractivity (Wildman–Crippen MR) is 175 cm³/mol. The van der Waals surface area contributed by atoms with Gasteiger partial charge in [0.15, 0.2) is 14.5 Å². The first-order valence-electron chi connectivity index (χ1n) is 14.2. The number of anilines is 1. The van der Waals surface area contributed by atoms with Crippen LogP contribution in [0.3, 0.4) is 0 Å². The van der Waals surface area contributed by atoms with Crippen molar-refractivity contribution in [2.75, 3.05) is 22.5 Å². The number of carbonyl (C=O) groups is 2. The van der Waals surface area contributed by atoms with Gasteiger partial charge in [0, 0.05) is 16.7 Å².